The van der Waals surface area contributed by atoms with E-state index < -0.39 is 29.4 Å². The van der Waals surface area contributed by atoms with E-state index >= 15 is 0 Å². The third-order valence-electron chi connectivity index (χ3n) is 7.23. The number of halogens is 4. The number of pyridine rings is 1. The van der Waals surface area contributed by atoms with Gasteiger partial charge in [0.05, 0.1) is 29.2 Å². The maximum atomic E-state index is 14.1. The van der Waals surface area contributed by atoms with Crippen LogP contribution in [0.3, 0.4) is 0 Å². The summed E-state index contributed by atoms with van der Waals surface area (Å²) < 4.78 is 60.2. The van der Waals surface area contributed by atoms with Gasteiger partial charge in [0.2, 0.25) is 0 Å². The molecule has 4 aromatic rings. The van der Waals surface area contributed by atoms with E-state index in [1.807, 2.05) is 4.90 Å². The first-order valence-corrected chi connectivity index (χ1v) is 12.7. The fraction of sp³-hybridized carbons (Fsp3) is 0.407. The molecule has 3 aromatic heterocycles. The highest BCUT2D eigenvalue weighted by atomic mass is 19.3. The molecule has 1 aliphatic heterocycles. The number of benzene rings is 1. The summed E-state index contributed by atoms with van der Waals surface area (Å²) in [7, 11) is 0. The van der Waals surface area contributed by atoms with Crippen molar-refractivity contribution in [3.8, 4) is 17.0 Å². The molecule has 40 heavy (non-hydrogen) atoms. The summed E-state index contributed by atoms with van der Waals surface area (Å²) in [5.41, 5.74) is -1.67. The number of aliphatic hydroxyl groups is 2. The van der Waals surface area contributed by atoms with E-state index in [1.165, 1.54) is 51.5 Å². The summed E-state index contributed by atoms with van der Waals surface area (Å²) in [5.74, 6) is -1.12. The van der Waals surface area contributed by atoms with Crippen LogP contribution in [0.5, 0.6) is 5.75 Å². The van der Waals surface area contributed by atoms with Gasteiger partial charge in [0.15, 0.2) is 17.4 Å². The van der Waals surface area contributed by atoms with Crippen molar-refractivity contribution in [3.05, 3.63) is 60.2 Å². The van der Waals surface area contributed by atoms with E-state index in [2.05, 4.69) is 15.1 Å². The number of piperidine rings is 1. The van der Waals surface area contributed by atoms with E-state index in [9.17, 15) is 27.8 Å². The van der Waals surface area contributed by atoms with E-state index in [0.717, 1.165) is 12.1 Å². The summed E-state index contributed by atoms with van der Waals surface area (Å²) in [6.07, 6.45) is 4.47. The van der Waals surface area contributed by atoms with Crippen LogP contribution in [0.1, 0.15) is 45.9 Å². The number of nitrogens with zero attached hydrogens (tertiary/aromatic N) is 6. The van der Waals surface area contributed by atoms with E-state index in [0.29, 0.717) is 58.7 Å². The zero-order valence-electron chi connectivity index (χ0n) is 22.0. The Morgan fingerprint density at radius 3 is 2.35 bits per heavy atom. The second-order valence-electron chi connectivity index (χ2n) is 10.5. The lowest BCUT2D eigenvalue weighted by atomic mass is 9.84. The molecule has 212 valence electrons. The van der Waals surface area contributed by atoms with Crippen molar-refractivity contribution in [2.45, 2.75) is 57.5 Å². The maximum Gasteiger partial charge on any atom is 0.333 e. The molecule has 2 N–H and O–H groups in total. The number of rotatable bonds is 7. The minimum atomic E-state index is -2.83. The van der Waals surface area contributed by atoms with Gasteiger partial charge in [-0.1, -0.05) is 0 Å². The van der Waals surface area contributed by atoms with Crippen molar-refractivity contribution in [1.29, 1.82) is 0 Å². The van der Waals surface area contributed by atoms with Gasteiger partial charge in [-0.2, -0.15) is 13.9 Å². The van der Waals surface area contributed by atoms with Gasteiger partial charge >= 0.3 is 6.55 Å². The lowest BCUT2D eigenvalue weighted by molar-refractivity contribution is -0.127. The zero-order chi connectivity index (χ0) is 28.8. The van der Waals surface area contributed by atoms with Gasteiger partial charge in [-0.3, -0.25) is 4.98 Å². The molecule has 1 saturated heterocycles. The largest absolute Gasteiger partial charge is 0.487 e. The molecule has 9 nitrogen and oxygen atoms in total. The topological polar surface area (TPSA) is 109 Å². The van der Waals surface area contributed by atoms with Crippen LogP contribution in [-0.2, 0) is 5.60 Å². The molecule has 4 heterocycles. The summed E-state index contributed by atoms with van der Waals surface area (Å²) in [6.45, 7) is 2.37. The Bertz CT molecular complexity index is 1530. The van der Waals surface area contributed by atoms with E-state index in [1.54, 1.807) is 0 Å². The fourth-order valence-electron chi connectivity index (χ4n) is 4.45. The molecule has 1 atom stereocenters. The minimum absolute atomic E-state index is 0.0376. The smallest absolute Gasteiger partial charge is 0.333 e. The Labute approximate surface area is 227 Å². The van der Waals surface area contributed by atoms with Gasteiger partial charge in [0.1, 0.15) is 28.7 Å². The quantitative estimate of drug-likeness (QED) is 0.316. The minimum Gasteiger partial charge on any atom is -0.487 e. The Morgan fingerprint density at radius 2 is 1.73 bits per heavy atom. The average molecular weight is 561 g/mol. The number of alkyl halides is 2. The lowest BCUT2D eigenvalue weighted by Crippen LogP contribution is -2.45. The number of aromatic nitrogens is 5. The lowest BCUT2D eigenvalue weighted by Gasteiger charge is -2.35. The van der Waals surface area contributed by atoms with Gasteiger partial charge in [-0.25, -0.2) is 23.4 Å². The predicted molar refractivity (Wildman–Crippen MR) is 138 cm³/mol. The summed E-state index contributed by atoms with van der Waals surface area (Å²) in [4.78, 5) is 15.6. The molecule has 1 aliphatic rings. The van der Waals surface area contributed by atoms with Gasteiger partial charge < -0.3 is 19.8 Å². The molecular formula is C27H28F4N6O3. The number of fused-ring (bicyclic) bond motifs is 1. The van der Waals surface area contributed by atoms with Crippen molar-refractivity contribution in [2.75, 3.05) is 18.0 Å². The molecule has 0 spiro atoms. The van der Waals surface area contributed by atoms with Crippen LogP contribution < -0.4 is 9.64 Å². The van der Waals surface area contributed by atoms with Crippen molar-refractivity contribution in [2.24, 2.45) is 0 Å². The number of hydrogen-bond acceptors (Lipinski definition) is 8. The predicted octanol–water partition coefficient (Wildman–Crippen LogP) is 4.59. The molecule has 13 heteroatoms. The Balaban J connectivity index is 1.49. The maximum absolute atomic E-state index is 14.1. The molecule has 0 bridgehead atoms. The first-order valence-electron chi connectivity index (χ1n) is 12.7. The monoisotopic (exact) mass is 560 g/mol. The highest BCUT2D eigenvalue weighted by Crippen LogP contribution is 2.35. The average Bonchev–Trinajstić information content (AvgIpc) is 3.40. The first-order chi connectivity index (χ1) is 18.8. The summed E-state index contributed by atoms with van der Waals surface area (Å²) >= 11 is 0. The van der Waals surface area contributed by atoms with E-state index in [-0.39, 0.29) is 17.5 Å². The fourth-order valence-corrected chi connectivity index (χ4v) is 4.45. The van der Waals surface area contributed by atoms with Gasteiger partial charge in [0, 0.05) is 43.8 Å². The molecule has 0 saturated carbocycles. The zero-order valence-corrected chi connectivity index (χ0v) is 22.0. The highest BCUT2D eigenvalue weighted by molar-refractivity contribution is 5.83. The SMILES string of the molecule is CC(C)(O)C(C)(O)c1cc2nc(N3CCC(Oc4ccc(F)cc4F)CC3)c(-c3cnn(C(F)F)c3)nc2cn1. The van der Waals surface area contributed by atoms with Gasteiger partial charge in [0.25, 0.3) is 0 Å². The molecular weight excluding hydrogens is 532 g/mol. The number of hydrogen-bond donors (Lipinski definition) is 2. The van der Waals surface area contributed by atoms with Gasteiger partial charge in [-0.15, -0.1) is 0 Å². The van der Waals surface area contributed by atoms with Crippen molar-refractivity contribution in [3.63, 3.8) is 0 Å². The van der Waals surface area contributed by atoms with Crippen molar-refractivity contribution < 1.29 is 32.5 Å². The van der Waals surface area contributed by atoms with Crippen LogP contribution in [0.4, 0.5) is 23.4 Å². The standard InChI is InChI=1S/C27H28F4N6O3/c1-26(2,38)27(3,39)22-11-19-20(13-32-22)34-23(15-12-33-37(14-15)25(30)31)24(35-19)36-8-6-17(7-9-36)40-21-5-4-16(28)10-18(21)29/h4-5,10-14,17,25,38-39H,6-9H2,1-3H3. The molecule has 0 amide bonds. The summed E-state index contributed by atoms with van der Waals surface area (Å²) in [5, 5.41) is 25.2. The summed E-state index contributed by atoms with van der Waals surface area (Å²) in [6, 6.07) is 4.67. The number of anilines is 1. The van der Waals surface area contributed by atoms with Crippen LogP contribution in [0.25, 0.3) is 22.3 Å². The normalized spacial score (nSPS) is 16.5. The van der Waals surface area contributed by atoms with Crippen LogP contribution in [0.15, 0.2) is 42.9 Å². The third-order valence-corrected chi connectivity index (χ3v) is 7.23. The Morgan fingerprint density at radius 1 is 1.00 bits per heavy atom. The second kappa shape index (κ2) is 10.3. The molecule has 0 aliphatic carbocycles. The second-order valence-corrected chi connectivity index (χ2v) is 10.5. The molecule has 1 aromatic carbocycles. The third kappa shape index (κ3) is 5.30. The van der Waals surface area contributed by atoms with E-state index in [4.69, 9.17) is 9.72 Å². The Hall–Kier alpha value is -3.84. The number of ether oxygens (including phenoxy) is 1. The Kier molecular flexibility index (Phi) is 7.13. The molecule has 0 radical (unpaired) electrons. The molecule has 5 rings (SSSR count). The first kappa shape index (κ1) is 27.7. The molecule has 1 unspecified atom stereocenters. The van der Waals surface area contributed by atoms with Crippen LogP contribution in [-0.4, -0.2) is 59.7 Å². The molecule has 1 fully saturated rings. The van der Waals surface area contributed by atoms with Crippen LogP contribution in [0.2, 0.25) is 0 Å². The van der Waals surface area contributed by atoms with Crippen LogP contribution >= 0.6 is 0 Å². The van der Waals surface area contributed by atoms with Crippen LogP contribution in [0, 0.1) is 11.6 Å². The van der Waals surface area contributed by atoms with Gasteiger partial charge in [-0.05, 0) is 39.0 Å². The van der Waals surface area contributed by atoms with Crippen molar-refractivity contribution in [1.82, 2.24) is 24.7 Å². The van der Waals surface area contributed by atoms with Crippen molar-refractivity contribution >= 4 is 16.9 Å². The highest BCUT2D eigenvalue weighted by Gasteiger charge is 2.41.